The first-order valence-electron chi connectivity index (χ1n) is 14.0. The van der Waals surface area contributed by atoms with Crippen molar-refractivity contribution < 1.29 is 18.8 Å². The highest BCUT2D eigenvalue weighted by Crippen LogP contribution is 2.43. The molecule has 2 unspecified atom stereocenters. The first-order valence-corrected chi connectivity index (χ1v) is 16.1. The number of nitrogens with zero attached hydrogens (tertiary/aromatic N) is 1. The topological polar surface area (TPSA) is 55.8 Å². The second-order valence-electron chi connectivity index (χ2n) is 11.4. The van der Waals surface area contributed by atoms with Crippen molar-refractivity contribution in [2.45, 2.75) is 90.5 Å². The summed E-state index contributed by atoms with van der Waals surface area (Å²) in [6.07, 6.45) is 2.61. The first kappa shape index (κ1) is 29.8. The van der Waals surface area contributed by atoms with E-state index in [-0.39, 0.29) is 11.7 Å². The van der Waals surface area contributed by atoms with E-state index in [9.17, 15) is 9.59 Å². The predicted molar refractivity (Wildman–Crippen MR) is 157 cm³/mol. The summed E-state index contributed by atoms with van der Waals surface area (Å²) in [5.74, 6) is 0.603. The van der Waals surface area contributed by atoms with Crippen LogP contribution in [0.4, 0.5) is 4.79 Å². The van der Waals surface area contributed by atoms with Gasteiger partial charge in [0.1, 0.15) is 5.75 Å². The SMILES string of the molecule is CC=C(CO[Si](C(C)C)(C(C)C)C(C)C)C1CC(=O)C(N(Cc2ccccc2)C(=O)Oc2ccccc2)C1. The maximum atomic E-state index is 13.4. The van der Waals surface area contributed by atoms with E-state index in [1.165, 1.54) is 0 Å². The van der Waals surface area contributed by atoms with E-state index >= 15 is 0 Å². The minimum Gasteiger partial charge on any atom is -0.412 e. The van der Waals surface area contributed by atoms with Gasteiger partial charge in [-0.25, -0.2) is 4.79 Å². The number of hydrogen-bond acceptors (Lipinski definition) is 4. The summed E-state index contributed by atoms with van der Waals surface area (Å²) in [6.45, 7) is 16.6. The molecule has 1 aliphatic rings. The molecule has 0 aromatic heterocycles. The Kier molecular flexibility index (Phi) is 10.5. The van der Waals surface area contributed by atoms with Crippen LogP contribution in [0.3, 0.4) is 0 Å². The van der Waals surface area contributed by atoms with Gasteiger partial charge in [-0.1, -0.05) is 96.1 Å². The van der Waals surface area contributed by atoms with Gasteiger partial charge >= 0.3 is 6.09 Å². The molecule has 1 amide bonds. The number of allylic oxidation sites excluding steroid dienone is 1. The number of carbonyl (C=O) groups is 2. The minimum atomic E-state index is -2.04. The average Bonchev–Trinajstić information content (AvgIpc) is 3.26. The Labute approximate surface area is 230 Å². The van der Waals surface area contributed by atoms with Crippen LogP contribution in [-0.4, -0.2) is 37.7 Å². The van der Waals surface area contributed by atoms with Crippen molar-refractivity contribution in [3.05, 3.63) is 77.9 Å². The van der Waals surface area contributed by atoms with Crippen molar-refractivity contribution >= 4 is 20.2 Å². The number of ketones is 1. The number of rotatable bonds is 11. The molecular formula is C32H45NO4Si. The predicted octanol–water partition coefficient (Wildman–Crippen LogP) is 8.17. The lowest BCUT2D eigenvalue weighted by molar-refractivity contribution is -0.121. The van der Waals surface area contributed by atoms with Crippen LogP contribution < -0.4 is 4.74 Å². The standard InChI is InChI=1S/C32H45NO4Si/c1-8-27(22-36-38(23(2)3,24(4)5)25(6)7)28-19-30(31(34)20-28)33(21-26-15-11-9-12-16-26)32(35)37-29-17-13-10-14-18-29/h8-18,23-25,28,30H,19-22H2,1-7H3. The molecule has 0 heterocycles. The second kappa shape index (κ2) is 13.4. The zero-order valence-corrected chi connectivity index (χ0v) is 25.1. The number of benzene rings is 2. The molecule has 2 atom stereocenters. The Hall–Kier alpha value is -2.70. The quantitative estimate of drug-likeness (QED) is 0.215. The average molecular weight is 536 g/mol. The third kappa shape index (κ3) is 6.83. The van der Waals surface area contributed by atoms with Crippen LogP contribution in [0.25, 0.3) is 0 Å². The van der Waals surface area contributed by atoms with E-state index in [0.717, 1.165) is 11.1 Å². The molecule has 1 aliphatic carbocycles. The molecule has 1 fully saturated rings. The Morgan fingerprint density at radius 2 is 1.50 bits per heavy atom. The number of para-hydroxylation sites is 1. The fraction of sp³-hybridized carbons (Fsp3) is 0.500. The van der Waals surface area contributed by atoms with Crippen molar-refractivity contribution in [3.8, 4) is 5.75 Å². The van der Waals surface area contributed by atoms with Crippen molar-refractivity contribution in [2.75, 3.05) is 6.61 Å². The summed E-state index contributed by atoms with van der Waals surface area (Å²) in [5, 5.41) is 0. The summed E-state index contributed by atoms with van der Waals surface area (Å²) >= 11 is 0. The highest BCUT2D eigenvalue weighted by molar-refractivity contribution is 6.77. The fourth-order valence-corrected chi connectivity index (χ4v) is 11.7. The number of hydrogen-bond donors (Lipinski definition) is 0. The molecule has 0 N–H and O–H groups in total. The highest BCUT2D eigenvalue weighted by atomic mass is 28.4. The molecule has 6 heteroatoms. The first-order chi connectivity index (χ1) is 18.1. The van der Waals surface area contributed by atoms with Gasteiger partial charge in [0.15, 0.2) is 5.78 Å². The summed E-state index contributed by atoms with van der Waals surface area (Å²) in [6, 6.07) is 18.3. The van der Waals surface area contributed by atoms with Crippen LogP contribution in [0.2, 0.25) is 16.6 Å². The molecule has 38 heavy (non-hydrogen) atoms. The summed E-state index contributed by atoms with van der Waals surface area (Å²) < 4.78 is 12.6. The van der Waals surface area contributed by atoms with Gasteiger partial charge in [0.2, 0.25) is 8.32 Å². The largest absolute Gasteiger partial charge is 0.416 e. The van der Waals surface area contributed by atoms with Crippen LogP contribution in [0, 0.1) is 5.92 Å². The monoisotopic (exact) mass is 535 g/mol. The van der Waals surface area contributed by atoms with Gasteiger partial charge in [-0.15, -0.1) is 0 Å². The zero-order chi connectivity index (χ0) is 27.9. The fourth-order valence-electron chi connectivity index (χ4n) is 6.32. The van der Waals surface area contributed by atoms with Gasteiger partial charge in [0.25, 0.3) is 0 Å². The Morgan fingerprint density at radius 1 is 0.947 bits per heavy atom. The number of amides is 1. The highest BCUT2D eigenvalue weighted by Gasteiger charge is 2.46. The van der Waals surface area contributed by atoms with Crippen molar-refractivity contribution in [2.24, 2.45) is 5.92 Å². The van der Waals surface area contributed by atoms with E-state index in [2.05, 4.69) is 47.6 Å². The molecule has 1 saturated carbocycles. The molecule has 0 aliphatic heterocycles. The van der Waals surface area contributed by atoms with Crippen LogP contribution in [0.15, 0.2) is 72.3 Å². The van der Waals surface area contributed by atoms with E-state index in [1.807, 2.05) is 55.5 Å². The van der Waals surface area contributed by atoms with Gasteiger partial charge in [-0.2, -0.15) is 0 Å². The van der Waals surface area contributed by atoms with E-state index in [0.29, 0.717) is 48.4 Å². The van der Waals surface area contributed by atoms with Crippen molar-refractivity contribution in [3.63, 3.8) is 0 Å². The molecule has 0 bridgehead atoms. The molecule has 0 spiro atoms. The van der Waals surface area contributed by atoms with Crippen LogP contribution >= 0.6 is 0 Å². The molecule has 2 aromatic carbocycles. The van der Waals surface area contributed by atoms with Crippen molar-refractivity contribution in [1.29, 1.82) is 0 Å². The third-order valence-electron chi connectivity index (χ3n) is 8.17. The zero-order valence-electron chi connectivity index (χ0n) is 24.1. The van der Waals surface area contributed by atoms with Gasteiger partial charge in [0, 0.05) is 13.0 Å². The lowest BCUT2D eigenvalue weighted by atomic mass is 9.97. The van der Waals surface area contributed by atoms with Crippen LogP contribution in [-0.2, 0) is 15.8 Å². The smallest absolute Gasteiger partial charge is 0.412 e. The Bertz CT molecular complexity index is 1060. The van der Waals surface area contributed by atoms with E-state index in [1.54, 1.807) is 17.0 Å². The molecule has 0 saturated heterocycles. The molecule has 3 rings (SSSR count). The maximum absolute atomic E-state index is 13.4. The Morgan fingerprint density at radius 3 is 2.03 bits per heavy atom. The molecule has 2 aromatic rings. The maximum Gasteiger partial charge on any atom is 0.416 e. The third-order valence-corrected chi connectivity index (χ3v) is 14.2. The Balaban J connectivity index is 1.80. The van der Waals surface area contributed by atoms with Gasteiger partial charge in [-0.3, -0.25) is 9.69 Å². The van der Waals surface area contributed by atoms with Crippen LogP contribution in [0.5, 0.6) is 5.75 Å². The number of carbonyl (C=O) groups excluding carboxylic acids is 2. The van der Waals surface area contributed by atoms with Gasteiger partial charge < -0.3 is 9.16 Å². The number of Topliss-reactive ketones (excluding diaryl/α,β-unsaturated/α-hetero) is 1. The van der Waals surface area contributed by atoms with Gasteiger partial charge in [0.05, 0.1) is 12.6 Å². The molecule has 5 nitrogen and oxygen atoms in total. The number of ether oxygens (including phenoxy) is 1. The normalized spacial score (nSPS) is 18.5. The van der Waals surface area contributed by atoms with Crippen LogP contribution in [0.1, 0.15) is 66.9 Å². The van der Waals surface area contributed by atoms with E-state index < -0.39 is 20.5 Å². The van der Waals surface area contributed by atoms with E-state index in [4.69, 9.17) is 9.16 Å². The lowest BCUT2D eigenvalue weighted by Gasteiger charge is -2.42. The van der Waals surface area contributed by atoms with Crippen molar-refractivity contribution in [1.82, 2.24) is 4.90 Å². The molecule has 0 radical (unpaired) electrons. The summed E-state index contributed by atoms with van der Waals surface area (Å²) in [5.41, 5.74) is 3.61. The molecular weight excluding hydrogens is 490 g/mol. The summed E-state index contributed by atoms with van der Waals surface area (Å²) in [4.78, 5) is 28.4. The lowest BCUT2D eigenvalue weighted by Crippen LogP contribution is -2.48. The molecule has 206 valence electrons. The second-order valence-corrected chi connectivity index (χ2v) is 16.8. The summed E-state index contributed by atoms with van der Waals surface area (Å²) in [7, 11) is -2.04. The van der Waals surface area contributed by atoms with Gasteiger partial charge in [-0.05, 0) is 59.2 Å². The minimum absolute atomic E-state index is 0.0542.